The average molecular weight is 405 g/mol. The molecule has 0 atom stereocenters. The van der Waals surface area contributed by atoms with Gasteiger partial charge >= 0.3 is 0 Å². The third-order valence-corrected chi connectivity index (χ3v) is 6.38. The van der Waals surface area contributed by atoms with E-state index in [9.17, 15) is 0 Å². The van der Waals surface area contributed by atoms with Crippen LogP contribution in [0.25, 0.3) is 43.4 Å². The summed E-state index contributed by atoms with van der Waals surface area (Å²) < 4.78 is 0. The highest BCUT2D eigenvalue weighted by molar-refractivity contribution is 6.15. The van der Waals surface area contributed by atoms with E-state index in [1.807, 2.05) is 27.7 Å². The topological polar surface area (TPSA) is 0 Å². The minimum absolute atomic E-state index is 0.0488. The lowest BCUT2D eigenvalue weighted by Crippen LogP contribution is -2.24. The van der Waals surface area contributed by atoms with Crippen molar-refractivity contribution < 1.29 is 0 Å². The van der Waals surface area contributed by atoms with E-state index in [1.165, 1.54) is 54.6 Å². The van der Waals surface area contributed by atoms with E-state index in [0.29, 0.717) is 0 Å². The number of hydrogen-bond acceptors (Lipinski definition) is 0. The van der Waals surface area contributed by atoms with Gasteiger partial charge in [-0.2, -0.15) is 0 Å². The number of rotatable bonds is 0. The molecule has 0 aromatic heterocycles. The van der Waals surface area contributed by atoms with Crippen LogP contribution in [-0.2, 0) is 5.41 Å². The highest BCUT2D eigenvalue weighted by atomic mass is 14.4. The molecule has 0 heterocycles. The zero-order valence-electron chi connectivity index (χ0n) is 19.6. The number of fused-ring (bicyclic) bond motifs is 6. The van der Waals surface area contributed by atoms with Crippen LogP contribution in [0, 0.1) is 0 Å². The predicted molar refractivity (Wildman–Crippen MR) is 139 cm³/mol. The summed E-state index contributed by atoms with van der Waals surface area (Å²) in [6, 6.07) is 31.4. The van der Waals surface area contributed by atoms with Crippen LogP contribution in [0.5, 0.6) is 0 Å². The number of benzene rings is 5. The second kappa shape index (κ2) is 8.19. The molecule has 5 aromatic carbocycles. The molecule has 0 unspecified atom stereocenters. The first-order valence-corrected chi connectivity index (χ1v) is 11.6. The predicted octanol–water partition coefficient (Wildman–Crippen LogP) is 9.50. The molecule has 0 saturated heterocycles. The molecule has 0 N–H and O–H groups in total. The van der Waals surface area contributed by atoms with Crippen LogP contribution in [0.15, 0.2) is 84.9 Å². The Hall–Kier alpha value is -3.12. The van der Waals surface area contributed by atoms with Gasteiger partial charge in [-0.3, -0.25) is 0 Å². The van der Waals surface area contributed by atoms with Gasteiger partial charge in [0, 0.05) is 5.41 Å². The molecular weight excluding hydrogens is 372 g/mol. The molecule has 0 heteroatoms. The van der Waals surface area contributed by atoms with Gasteiger partial charge in [-0.1, -0.05) is 120 Å². The molecule has 1 aliphatic carbocycles. The van der Waals surface area contributed by atoms with Crippen LogP contribution in [0.2, 0.25) is 0 Å². The Morgan fingerprint density at radius 3 is 1.90 bits per heavy atom. The largest absolute Gasteiger partial charge is 0.0683 e. The van der Waals surface area contributed by atoms with E-state index in [1.54, 1.807) is 0 Å². The molecule has 0 nitrogen and oxygen atoms in total. The van der Waals surface area contributed by atoms with Crippen molar-refractivity contribution in [2.24, 2.45) is 0 Å². The van der Waals surface area contributed by atoms with Crippen LogP contribution in [-0.4, -0.2) is 0 Å². The minimum Gasteiger partial charge on any atom is -0.0683 e. The first-order chi connectivity index (χ1) is 15.2. The van der Waals surface area contributed by atoms with Gasteiger partial charge in [0.05, 0.1) is 0 Å². The summed E-state index contributed by atoms with van der Waals surface area (Å²) in [5, 5.41) is 8.14. The zero-order chi connectivity index (χ0) is 22.2. The SMILES string of the molecule is CC.CC.CC1(C)c2ccc3ccccc3c2-c2cccc3cc4ccccc4c1c23. The van der Waals surface area contributed by atoms with E-state index in [4.69, 9.17) is 0 Å². The molecular formula is C31H32. The molecule has 0 aliphatic heterocycles. The molecule has 0 amide bonds. The lowest BCUT2D eigenvalue weighted by Gasteiger charge is -2.37. The number of hydrogen-bond donors (Lipinski definition) is 0. The Balaban J connectivity index is 0.000000549. The Bertz CT molecular complexity index is 1390. The first-order valence-electron chi connectivity index (χ1n) is 11.6. The second-order valence-corrected chi connectivity index (χ2v) is 8.21. The molecule has 156 valence electrons. The summed E-state index contributed by atoms with van der Waals surface area (Å²) in [6.45, 7) is 12.8. The maximum absolute atomic E-state index is 2.39. The van der Waals surface area contributed by atoms with Gasteiger partial charge in [0.1, 0.15) is 0 Å². The van der Waals surface area contributed by atoms with Gasteiger partial charge in [-0.05, 0) is 60.6 Å². The lowest BCUT2D eigenvalue weighted by atomic mass is 9.66. The van der Waals surface area contributed by atoms with Crippen molar-refractivity contribution >= 4 is 32.3 Å². The van der Waals surface area contributed by atoms with Gasteiger partial charge in [-0.25, -0.2) is 0 Å². The highest BCUT2D eigenvalue weighted by Gasteiger charge is 2.35. The van der Waals surface area contributed by atoms with Gasteiger partial charge in [0.25, 0.3) is 0 Å². The summed E-state index contributed by atoms with van der Waals surface area (Å²) in [6.07, 6.45) is 0. The van der Waals surface area contributed by atoms with Crippen molar-refractivity contribution in [1.82, 2.24) is 0 Å². The van der Waals surface area contributed by atoms with Crippen molar-refractivity contribution in [3.05, 3.63) is 96.1 Å². The van der Waals surface area contributed by atoms with Crippen LogP contribution in [0.3, 0.4) is 0 Å². The Morgan fingerprint density at radius 1 is 0.548 bits per heavy atom. The van der Waals surface area contributed by atoms with Gasteiger partial charge in [0.2, 0.25) is 0 Å². The van der Waals surface area contributed by atoms with E-state index in [0.717, 1.165) is 0 Å². The first kappa shape index (κ1) is 21.1. The fourth-order valence-electron chi connectivity index (χ4n) is 5.20. The van der Waals surface area contributed by atoms with Crippen molar-refractivity contribution in [3.63, 3.8) is 0 Å². The lowest BCUT2D eigenvalue weighted by molar-refractivity contribution is 0.652. The van der Waals surface area contributed by atoms with E-state index in [-0.39, 0.29) is 5.41 Å². The molecule has 0 radical (unpaired) electrons. The third-order valence-electron chi connectivity index (χ3n) is 6.38. The molecule has 0 bridgehead atoms. The molecule has 0 fully saturated rings. The Labute approximate surface area is 186 Å². The summed E-state index contributed by atoms with van der Waals surface area (Å²) in [5.41, 5.74) is 5.63. The van der Waals surface area contributed by atoms with E-state index >= 15 is 0 Å². The summed E-state index contributed by atoms with van der Waals surface area (Å²) in [4.78, 5) is 0. The van der Waals surface area contributed by atoms with Gasteiger partial charge in [-0.15, -0.1) is 0 Å². The fraction of sp³-hybridized carbons (Fsp3) is 0.226. The monoisotopic (exact) mass is 404 g/mol. The maximum atomic E-state index is 2.39. The van der Waals surface area contributed by atoms with Crippen LogP contribution >= 0.6 is 0 Å². The molecule has 5 aromatic rings. The third kappa shape index (κ3) is 3.05. The van der Waals surface area contributed by atoms with Crippen LogP contribution < -0.4 is 0 Å². The minimum atomic E-state index is -0.0488. The molecule has 1 aliphatic rings. The summed E-state index contributed by atoms with van der Waals surface area (Å²) >= 11 is 0. The standard InChI is InChI=1S/C27H20.2C2H6/c1-27(2)23-15-14-17-8-3-5-11-20(17)25(23)22-13-7-10-19-16-18-9-4-6-12-21(18)26(27)24(19)22;2*1-2/h3-16H,1-2H3;2*1-2H3. The second-order valence-electron chi connectivity index (χ2n) is 8.21. The van der Waals surface area contributed by atoms with Crippen LogP contribution in [0.1, 0.15) is 52.7 Å². The quantitative estimate of drug-likeness (QED) is 0.225. The summed E-state index contributed by atoms with van der Waals surface area (Å²) in [7, 11) is 0. The van der Waals surface area contributed by atoms with Crippen molar-refractivity contribution in [3.8, 4) is 11.1 Å². The molecule has 6 rings (SSSR count). The van der Waals surface area contributed by atoms with E-state index < -0.39 is 0 Å². The van der Waals surface area contributed by atoms with E-state index in [2.05, 4.69) is 98.8 Å². The molecule has 0 saturated carbocycles. The average Bonchev–Trinajstić information content (AvgIpc) is 2.83. The van der Waals surface area contributed by atoms with Crippen molar-refractivity contribution in [2.45, 2.75) is 47.0 Å². The highest BCUT2D eigenvalue weighted by Crippen LogP contribution is 2.52. The Morgan fingerprint density at radius 2 is 1.16 bits per heavy atom. The zero-order valence-corrected chi connectivity index (χ0v) is 19.6. The van der Waals surface area contributed by atoms with Crippen molar-refractivity contribution in [2.75, 3.05) is 0 Å². The normalized spacial score (nSPS) is 13.1. The maximum Gasteiger partial charge on any atom is 0.0165 e. The van der Waals surface area contributed by atoms with Crippen LogP contribution in [0.4, 0.5) is 0 Å². The van der Waals surface area contributed by atoms with Crippen molar-refractivity contribution in [1.29, 1.82) is 0 Å². The van der Waals surface area contributed by atoms with Gasteiger partial charge in [0.15, 0.2) is 0 Å². The summed E-state index contributed by atoms with van der Waals surface area (Å²) in [5.74, 6) is 0. The van der Waals surface area contributed by atoms with Gasteiger partial charge < -0.3 is 0 Å². The fourth-order valence-corrected chi connectivity index (χ4v) is 5.20. The molecule has 31 heavy (non-hydrogen) atoms. The Kier molecular flexibility index (Phi) is 5.58. The molecule has 0 spiro atoms. The smallest absolute Gasteiger partial charge is 0.0165 e.